The summed E-state index contributed by atoms with van der Waals surface area (Å²) in [5.74, 6) is 0.592. The molecule has 108 valence electrons. The van der Waals surface area contributed by atoms with Gasteiger partial charge in [0.25, 0.3) is 0 Å². The van der Waals surface area contributed by atoms with E-state index in [-0.39, 0.29) is 29.6 Å². The molecule has 7 nitrogen and oxygen atoms in total. The number of hydrogen-bond acceptors (Lipinski definition) is 6. The molecule has 20 heavy (non-hydrogen) atoms. The molecule has 1 saturated carbocycles. The molecule has 2 aliphatic rings. The van der Waals surface area contributed by atoms with Gasteiger partial charge in [0.2, 0.25) is 0 Å². The van der Waals surface area contributed by atoms with Gasteiger partial charge in [-0.15, -0.1) is 0 Å². The minimum Gasteiger partial charge on any atom is -0.490 e. The number of nitro groups is 1. The number of rotatable bonds is 4. The van der Waals surface area contributed by atoms with E-state index in [1.807, 2.05) is 0 Å². The van der Waals surface area contributed by atoms with Crippen LogP contribution in [0.15, 0.2) is 18.2 Å². The highest BCUT2D eigenvalue weighted by molar-refractivity contribution is 5.69. The first-order valence-electron chi connectivity index (χ1n) is 6.58. The normalized spacial score (nSPS) is 31.3. The van der Waals surface area contributed by atoms with Crippen molar-refractivity contribution in [1.82, 2.24) is 0 Å². The number of methoxy groups -OCH3 is 1. The number of fused-ring (bicyclic) bond motifs is 1. The van der Waals surface area contributed by atoms with Gasteiger partial charge in [-0.3, -0.25) is 10.1 Å². The molecular formula is C13H17N3O4. The molecule has 0 radical (unpaired) electrons. The van der Waals surface area contributed by atoms with Gasteiger partial charge in [-0.25, -0.2) is 0 Å². The Balaban J connectivity index is 1.86. The van der Waals surface area contributed by atoms with Crippen molar-refractivity contribution in [2.24, 2.45) is 11.7 Å². The zero-order valence-electron chi connectivity index (χ0n) is 11.1. The molecule has 3 N–H and O–H groups in total. The lowest BCUT2D eigenvalue weighted by Gasteiger charge is -2.46. The van der Waals surface area contributed by atoms with E-state index in [0.717, 1.165) is 6.42 Å². The third-order valence-corrected chi connectivity index (χ3v) is 4.17. The second-order valence-corrected chi connectivity index (χ2v) is 5.15. The van der Waals surface area contributed by atoms with Crippen molar-refractivity contribution in [3.05, 3.63) is 28.3 Å². The molecule has 0 bridgehead atoms. The average Bonchev–Trinajstić information content (AvgIpc) is 2.88. The van der Waals surface area contributed by atoms with Crippen LogP contribution < -0.4 is 15.8 Å². The molecule has 7 heteroatoms. The lowest BCUT2D eigenvalue weighted by atomic mass is 9.72. The first-order valence-corrected chi connectivity index (χ1v) is 6.58. The second-order valence-electron chi connectivity index (χ2n) is 5.15. The SMILES string of the molecule is COc1cccc(NC2C(N)C3CCOC32)c1[N+](=O)[O-]. The van der Waals surface area contributed by atoms with Crippen LogP contribution in [-0.2, 0) is 4.74 Å². The summed E-state index contributed by atoms with van der Waals surface area (Å²) in [6.45, 7) is 0.710. The number of para-hydroxylation sites is 1. The van der Waals surface area contributed by atoms with Crippen LogP contribution in [0.25, 0.3) is 0 Å². The molecule has 1 aliphatic heterocycles. The van der Waals surface area contributed by atoms with Crippen LogP contribution in [-0.4, -0.2) is 36.8 Å². The van der Waals surface area contributed by atoms with Gasteiger partial charge in [0, 0.05) is 18.6 Å². The number of hydrogen-bond donors (Lipinski definition) is 2. The first-order chi connectivity index (χ1) is 9.63. The Bertz CT molecular complexity index is 536. The Hall–Kier alpha value is -1.86. The molecule has 4 atom stereocenters. The molecule has 3 rings (SSSR count). The topological polar surface area (TPSA) is 99.7 Å². The van der Waals surface area contributed by atoms with Crippen LogP contribution in [0, 0.1) is 16.0 Å². The van der Waals surface area contributed by atoms with Gasteiger partial charge in [-0.2, -0.15) is 0 Å². The predicted molar refractivity (Wildman–Crippen MR) is 72.9 cm³/mol. The molecule has 4 unspecified atom stereocenters. The highest BCUT2D eigenvalue weighted by Gasteiger charge is 2.52. The summed E-state index contributed by atoms with van der Waals surface area (Å²) >= 11 is 0. The highest BCUT2D eigenvalue weighted by Crippen LogP contribution is 2.42. The molecular weight excluding hydrogens is 262 g/mol. The highest BCUT2D eigenvalue weighted by atomic mass is 16.6. The standard InChI is InChI=1S/C13H17N3O4/c1-19-9-4-2-3-8(12(9)16(17)18)15-11-10(14)7-5-6-20-13(7)11/h2-4,7,10-11,13,15H,5-6,14H2,1H3. The number of nitro benzene ring substituents is 1. The van der Waals surface area contributed by atoms with Crippen molar-refractivity contribution in [2.45, 2.75) is 24.6 Å². The first kappa shape index (κ1) is 13.1. The van der Waals surface area contributed by atoms with E-state index < -0.39 is 4.92 Å². The Morgan fingerprint density at radius 2 is 2.35 bits per heavy atom. The van der Waals surface area contributed by atoms with Crippen molar-refractivity contribution in [3.8, 4) is 5.75 Å². The maximum Gasteiger partial charge on any atom is 0.333 e. The van der Waals surface area contributed by atoms with E-state index in [1.54, 1.807) is 18.2 Å². The van der Waals surface area contributed by atoms with Crippen molar-refractivity contribution < 1.29 is 14.4 Å². The van der Waals surface area contributed by atoms with Gasteiger partial charge in [0.1, 0.15) is 5.69 Å². The van der Waals surface area contributed by atoms with Gasteiger partial charge < -0.3 is 20.5 Å². The number of anilines is 1. The van der Waals surface area contributed by atoms with Crippen LogP contribution in [0.1, 0.15) is 6.42 Å². The summed E-state index contributed by atoms with van der Waals surface area (Å²) < 4.78 is 10.7. The van der Waals surface area contributed by atoms with Gasteiger partial charge in [-0.05, 0) is 18.6 Å². The fraction of sp³-hybridized carbons (Fsp3) is 0.538. The third kappa shape index (κ3) is 1.90. The van der Waals surface area contributed by atoms with Crippen LogP contribution in [0.5, 0.6) is 5.75 Å². The smallest absolute Gasteiger partial charge is 0.333 e. The summed E-state index contributed by atoms with van der Waals surface area (Å²) in [5, 5.41) is 14.4. The van der Waals surface area contributed by atoms with Crippen LogP contribution in [0.3, 0.4) is 0 Å². The summed E-state index contributed by atoms with van der Waals surface area (Å²) in [4.78, 5) is 10.8. The second kappa shape index (κ2) is 4.92. The predicted octanol–water partition coefficient (Wildman–Crippen LogP) is 1.13. The quantitative estimate of drug-likeness (QED) is 0.633. The molecule has 0 aromatic heterocycles. The van der Waals surface area contributed by atoms with E-state index in [2.05, 4.69) is 5.32 Å². The van der Waals surface area contributed by atoms with Crippen molar-refractivity contribution in [1.29, 1.82) is 0 Å². The zero-order chi connectivity index (χ0) is 14.3. The van der Waals surface area contributed by atoms with E-state index >= 15 is 0 Å². The van der Waals surface area contributed by atoms with Gasteiger partial charge in [0.15, 0.2) is 5.75 Å². The Kier molecular flexibility index (Phi) is 3.23. The summed E-state index contributed by atoms with van der Waals surface area (Å²) in [6.07, 6.45) is 1.01. The molecule has 2 fully saturated rings. The van der Waals surface area contributed by atoms with Crippen molar-refractivity contribution >= 4 is 11.4 Å². The van der Waals surface area contributed by atoms with E-state index in [4.69, 9.17) is 15.2 Å². The summed E-state index contributed by atoms with van der Waals surface area (Å²) in [5.41, 5.74) is 6.46. The van der Waals surface area contributed by atoms with E-state index in [0.29, 0.717) is 18.2 Å². The maximum atomic E-state index is 11.2. The fourth-order valence-corrected chi connectivity index (χ4v) is 3.10. The van der Waals surface area contributed by atoms with Gasteiger partial charge in [0.05, 0.1) is 24.2 Å². The molecule has 0 spiro atoms. The van der Waals surface area contributed by atoms with Crippen LogP contribution in [0.4, 0.5) is 11.4 Å². The minimum absolute atomic E-state index is 0.0340. The fourth-order valence-electron chi connectivity index (χ4n) is 3.10. The third-order valence-electron chi connectivity index (χ3n) is 4.17. The molecule has 1 saturated heterocycles. The molecule has 0 amide bonds. The summed E-state index contributed by atoms with van der Waals surface area (Å²) in [7, 11) is 1.41. The van der Waals surface area contributed by atoms with Crippen LogP contribution >= 0.6 is 0 Å². The van der Waals surface area contributed by atoms with Crippen molar-refractivity contribution in [3.63, 3.8) is 0 Å². The zero-order valence-corrected chi connectivity index (χ0v) is 11.1. The lowest BCUT2D eigenvalue weighted by Crippen LogP contribution is -2.65. The largest absolute Gasteiger partial charge is 0.490 e. The Morgan fingerprint density at radius 1 is 1.55 bits per heavy atom. The number of ether oxygens (including phenoxy) is 2. The van der Waals surface area contributed by atoms with Crippen molar-refractivity contribution in [2.75, 3.05) is 19.0 Å². The summed E-state index contributed by atoms with van der Waals surface area (Å²) in [6, 6.07) is 4.82. The van der Waals surface area contributed by atoms with E-state index in [9.17, 15) is 10.1 Å². The monoisotopic (exact) mass is 279 g/mol. The number of benzene rings is 1. The lowest BCUT2D eigenvalue weighted by molar-refractivity contribution is -0.384. The van der Waals surface area contributed by atoms with Crippen LogP contribution in [0.2, 0.25) is 0 Å². The maximum absolute atomic E-state index is 11.2. The van der Waals surface area contributed by atoms with Gasteiger partial charge in [-0.1, -0.05) is 6.07 Å². The molecule has 1 aromatic carbocycles. The minimum atomic E-state index is -0.446. The van der Waals surface area contributed by atoms with Gasteiger partial charge >= 0.3 is 5.69 Å². The van der Waals surface area contributed by atoms with E-state index in [1.165, 1.54) is 7.11 Å². The molecule has 1 heterocycles. The number of nitrogens with one attached hydrogen (secondary N) is 1. The average molecular weight is 279 g/mol. The number of nitrogens with two attached hydrogens (primary N) is 1. The number of nitrogens with zero attached hydrogens (tertiary/aromatic N) is 1. The Labute approximate surface area is 116 Å². The Morgan fingerprint density at radius 3 is 3.05 bits per heavy atom. The molecule has 1 aromatic rings. The molecule has 1 aliphatic carbocycles.